The lowest BCUT2D eigenvalue weighted by atomic mass is 10.1. The highest BCUT2D eigenvalue weighted by Crippen LogP contribution is 2.28. The van der Waals surface area contributed by atoms with Crippen LogP contribution in [0.15, 0.2) is 42.2 Å². The van der Waals surface area contributed by atoms with Gasteiger partial charge in [0.1, 0.15) is 11.9 Å². The molecule has 1 aromatic rings. The molecule has 142 valence electrons. The Morgan fingerprint density at radius 2 is 1.72 bits per heavy atom. The fourth-order valence-electron chi connectivity index (χ4n) is 2.95. The Balaban J connectivity index is 2.94. The maximum absolute atomic E-state index is 9.33. The Hall–Kier alpha value is -1.14. The second kappa shape index (κ2) is 11.5. The van der Waals surface area contributed by atoms with Gasteiger partial charge in [0.2, 0.25) is 0 Å². The zero-order valence-electron chi connectivity index (χ0n) is 16.3. The van der Waals surface area contributed by atoms with E-state index in [1.807, 2.05) is 37.3 Å². The highest BCUT2D eigenvalue weighted by atomic mass is 28.4. The van der Waals surface area contributed by atoms with Gasteiger partial charge in [-0.25, -0.2) is 0 Å². The van der Waals surface area contributed by atoms with Crippen molar-refractivity contribution in [3.63, 3.8) is 0 Å². The number of methoxy groups -OCH3 is 1. The molecule has 0 aliphatic carbocycles. The molecule has 0 aromatic heterocycles. The summed E-state index contributed by atoms with van der Waals surface area (Å²) < 4.78 is 18.3. The maximum Gasteiger partial charge on any atom is 0.193 e. The molecule has 0 saturated carbocycles. The van der Waals surface area contributed by atoms with E-state index in [-0.39, 0.29) is 18.8 Å². The molecule has 0 fully saturated rings. The molecule has 1 N–H and O–H groups in total. The molecular weight excluding hydrogens is 332 g/mol. The van der Waals surface area contributed by atoms with Gasteiger partial charge in [0.15, 0.2) is 8.32 Å². The number of aliphatic hydroxyl groups is 1. The lowest BCUT2D eigenvalue weighted by Crippen LogP contribution is -2.45. The second-order valence-electron chi connectivity index (χ2n) is 6.28. The standard InChI is InChI=1S/C20H34O4Si/c1-6-25(7-2,8-3)24-20(19(22-5)14-15-21)17(4)23-16-18-12-10-9-11-13-18/h9-14,17,20-21H,6-8,15-16H2,1-5H3/b19-14-/t17-,20-/m0/s1. The van der Waals surface area contributed by atoms with Gasteiger partial charge in [-0.15, -0.1) is 0 Å². The van der Waals surface area contributed by atoms with Crippen LogP contribution in [0.2, 0.25) is 18.1 Å². The van der Waals surface area contributed by atoms with Crippen LogP contribution in [0.1, 0.15) is 33.3 Å². The van der Waals surface area contributed by atoms with E-state index >= 15 is 0 Å². The van der Waals surface area contributed by atoms with Gasteiger partial charge in [-0.05, 0) is 36.7 Å². The molecule has 2 atom stereocenters. The van der Waals surface area contributed by atoms with Gasteiger partial charge >= 0.3 is 0 Å². The Kier molecular flexibility index (Phi) is 10.0. The van der Waals surface area contributed by atoms with Crippen LogP contribution in [0.3, 0.4) is 0 Å². The fourth-order valence-corrected chi connectivity index (χ4v) is 5.80. The van der Waals surface area contributed by atoms with Gasteiger partial charge in [-0.3, -0.25) is 0 Å². The van der Waals surface area contributed by atoms with Crippen LogP contribution in [0, 0.1) is 0 Å². The summed E-state index contributed by atoms with van der Waals surface area (Å²) >= 11 is 0. The third-order valence-electron chi connectivity index (χ3n) is 4.90. The highest BCUT2D eigenvalue weighted by molar-refractivity contribution is 6.73. The Morgan fingerprint density at radius 3 is 2.20 bits per heavy atom. The van der Waals surface area contributed by atoms with Crippen molar-refractivity contribution in [1.29, 1.82) is 0 Å². The van der Waals surface area contributed by atoms with E-state index < -0.39 is 8.32 Å². The molecule has 25 heavy (non-hydrogen) atoms. The molecule has 0 amide bonds. The van der Waals surface area contributed by atoms with E-state index in [2.05, 4.69) is 20.8 Å². The smallest absolute Gasteiger partial charge is 0.193 e. The van der Waals surface area contributed by atoms with E-state index in [4.69, 9.17) is 13.9 Å². The average Bonchev–Trinajstić information content (AvgIpc) is 2.67. The molecule has 0 unspecified atom stereocenters. The maximum atomic E-state index is 9.33. The zero-order valence-corrected chi connectivity index (χ0v) is 17.3. The number of hydrogen-bond donors (Lipinski definition) is 1. The first-order valence-electron chi connectivity index (χ1n) is 9.24. The SMILES string of the molecule is CC[Si](CC)(CC)O[C@H](/C(=C/CO)OC)[C@H](C)OCc1ccccc1. The van der Waals surface area contributed by atoms with Crippen molar-refractivity contribution in [2.45, 2.75) is 64.6 Å². The van der Waals surface area contributed by atoms with Gasteiger partial charge in [0.05, 0.1) is 26.4 Å². The fraction of sp³-hybridized carbons (Fsp3) is 0.600. The predicted octanol–water partition coefficient (Wildman–Crippen LogP) is 4.50. The first kappa shape index (κ1) is 21.9. The molecule has 4 nitrogen and oxygen atoms in total. The van der Waals surface area contributed by atoms with E-state index in [0.29, 0.717) is 12.4 Å². The van der Waals surface area contributed by atoms with Gasteiger partial charge in [-0.1, -0.05) is 51.1 Å². The van der Waals surface area contributed by atoms with Gasteiger partial charge in [0.25, 0.3) is 0 Å². The Morgan fingerprint density at radius 1 is 1.12 bits per heavy atom. The van der Waals surface area contributed by atoms with Crippen LogP contribution >= 0.6 is 0 Å². The molecule has 0 aliphatic heterocycles. The first-order chi connectivity index (χ1) is 12.1. The van der Waals surface area contributed by atoms with Gasteiger partial charge < -0.3 is 19.0 Å². The first-order valence-corrected chi connectivity index (χ1v) is 11.8. The molecule has 5 heteroatoms. The zero-order chi connectivity index (χ0) is 18.7. The summed E-state index contributed by atoms with van der Waals surface area (Å²) in [6.45, 7) is 9.07. The van der Waals surface area contributed by atoms with E-state index in [0.717, 1.165) is 23.7 Å². The number of rotatable bonds is 12. The van der Waals surface area contributed by atoms with Crippen LogP contribution in [0.25, 0.3) is 0 Å². The number of hydrogen-bond acceptors (Lipinski definition) is 4. The number of aliphatic hydroxyl groups excluding tert-OH is 1. The van der Waals surface area contributed by atoms with Gasteiger partial charge in [-0.2, -0.15) is 0 Å². The van der Waals surface area contributed by atoms with Gasteiger partial charge in [0, 0.05) is 0 Å². The predicted molar refractivity (Wildman–Crippen MR) is 105 cm³/mol. The lowest BCUT2D eigenvalue weighted by molar-refractivity contribution is -0.0318. The molecule has 1 rings (SSSR count). The minimum absolute atomic E-state index is 0.0760. The molecule has 0 spiro atoms. The summed E-state index contributed by atoms with van der Waals surface area (Å²) in [7, 11) is -0.222. The minimum Gasteiger partial charge on any atom is -0.499 e. The average molecular weight is 367 g/mol. The van der Waals surface area contributed by atoms with E-state index in [9.17, 15) is 5.11 Å². The van der Waals surface area contributed by atoms with Crippen molar-refractivity contribution in [3.05, 3.63) is 47.7 Å². The van der Waals surface area contributed by atoms with Crippen molar-refractivity contribution in [1.82, 2.24) is 0 Å². The lowest BCUT2D eigenvalue weighted by Gasteiger charge is -2.36. The topological polar surface area (TPSA) is 47.9 Å². The minimum atomic E-state index is -1.84. The van der Waals surface area contributed by atoms with Crippen molar-refractivity contribution in [3.8, 4) is 0 Å². The largest absolute Gasteiger partial charge is 0.499 e. The summed E-state index contributed by atoms with van der Waals surface area (Å²) in [5.74, 6) is 0.648. The van der Waals surface area contributed by atoms with E-state index in [1.54, 1.807) is 13.2 Å². The molecule has 1 aromatic carbocycles. The second-order valence-corrected chi connectivity index (χ2v) is 11.0. The van der Waals surface area contributed by atoms with E-state index in [1.165, 1.54) is 0 Å². The molecule has 0 saturated heterocycles. The third-order valence-corrected chi connectivity index (χ3v) is 9.52. The highest BCUT2D eigenvalue weighted by Gasteiger charge is 2.36. The van der Waals surface area contributed by atoms with Crippen LogP contribution in [0.5, 0.6) is 0 Å². The monoisotopic (exact) mass is 366 g/mol. The third kappa shape index (κ3) is 6.59. The molecule has 0 radical (unpaired) electrons. The summed E-state index contributed by atoms with van der Waals surface area (Å²) in [4.78, 5) is 0. The molecular formula is C20H34O4Si. The van der Waals surface area contributed by atoms with Crippen LogP contribution in [-0.4, -0.2) is 39.3 Å². The molecule has 0 aliphatic rings. The quantitative estimate of drug-likeness (QED) is 0.437. The summed E-state index contributed by atoms with van der Waals surface area (Å²) in [5, 5.41) is 9.33. The summed E-state index contributed by atoms with van der Waals surface area (Å²) in [6.07, 6.45) is 1.20. The van der Waals surface area contributed by atoms with Crippen LogP contribution < -0.4 is 0 Å². The van der Waals surface area contributed by atoms with Crippen molar-refractivity contribution in [2.75, 3.05) is 13.7 Å². The molecule has 0 bridgehead atoms. The van der Waals surface area contributed by atoms with Crippen LogP contribution in [-0.2, 0) is 20.5 Å². The number of ether oxygens (including phenoxy) is 2. The summed E-state index contributed by atoms with van der Waals surface area (Å²) in [5.41, 5.74) is 1.13. The normalized spacial score (nSPS) is 15.0. The molecule has 0 heterocycles. The van der Waals surface area contributed by atoms with Crippen molar-refractivity contribution in [2.24, 2.45) is 0 Å². The van der Waals surface area contributed by atoms with Crippen LogP contribution in [0.4, 0.5) is 0 Å². The number of benzene rings is 1. The Labute approximate surface area is 153 Å². The summed E-state index contributed by atoms with van der Waals surface area (Å²) in [6, 6.07) is 13.3. The van der Waals surface area contributed by atoms with Crippen molar-refractivity contribution >= 4 is 8.32 Å². The van der Waals surface area contributed by atoms with Crippen molar-refractivity contribution < 1.29 is 19.0 Å². The Bertz CT molecular complexity index is 491.